The van der Waals surface area contributed by atoms with Crippen LogP contribution < -0.4 is 0 Å². The van der Waals surface area contributed by atoms with Gasteiger partial charge < -0.3 is 4.42 Å². The van der Waals surface area contributed by atoms with Crippen LogP contribution in [0.25, 0.3) is 6.08 Å². The maximum Gasteiger partial charge on any atom is 0.246 e. The largest absolute Gasteiger partial charge is 0.445 e. The first-order valence-corrected chi connectivity index (χ1v) is 3.55. The van der Waals surface area contributed by atoms with E-state index in [1.165, 1.54) is 19.1 Å². The molecule has 0 saturated heterocycles. The lowest BCUT2D eigenvalue weighted by Gasteiger charge is -1.86. The van der Waals surface area contributed by atoms with E-state index in [0.717, 1.165) is 0 Å². The number of hydrogen-bond donors (Lipinski definition) is 0. The Hall–Kier alpha value is -1.29. The van der Waals surface area contributed by atoms with Crippen LogP contribution >= 0.6 is 11.6 Å². The molecule has 5 heteroatoms. The van der Waals surface area contributed by atoms with Crippen molar-refractivity contribution in [2.45, 2.75) is 6.92 Å². The van der Waals surface area contributed by atoms with Crippen LogP contribution in [-0.2, 0) is 0 Å². The Balaban J connectivity index is 2.87. The van der Waals surface area contributed by atoms with E-state index in [1.54, 1.807) is 6.07 Å². The third-order valence-corrected chi connectivity index (χ3v) is 1.44. The summed E-state index contributed by atoms with van der Waals surface area (Å²) in [5.74, 6) is 0.384. The van der Waals surface area contributed by atoms with Gasteiger partial charge in [-0.2, -0.15) is 0 Å². The van der Waals surface area contributed by atoms with Gasteiger partial charge in [-0.1, -0.05) is 0 Å². The van der Waals surface area contributed by atoms with Crippen molar-refractivity contribution in [3.63, 3.8) is 0 Å². The molecule has 0 bridgehead atoms. The van der Waals surface area contributed by atoms with Crippen molar-refractivity contribution in [3.05, 3.63) is 38.9 Å². The second-order valence-corrected chi connectivity index (χ2v) is 2.56. The Labute approximate surface area is 73.6 Å². The molecule has 64 valence electrons. The fourth-order valence-electron chi connectivity index (χ4n) is 0.664. The van der Waals surface area contributed by atoms with Crippen LogP contribution in [0.15, 0.2) is 22.2 Å². The van der Waals surface area contributed by atoms with E-state index in [4.69, 9.17) is 16.0 Å². The summed E-state index contributed by atoms with van der Waals surface area (Å²) >= 11 is 5.46. The lowest BCUT2D eigenvalue weighted by Crippen LogP contribution is -1.92. The summed E-state index contributed by atoms with van der Waals surface area (Å²) < 4.78 is 4.89. The fraction of sp³-hybridized carbons (Fsp3) is 0.143. The Morgan fingerprint density at radius 3 is 2.83 bits per heavy atom. The molecule has 0 aliphatic carbocycles. The molecule has 1 aromatic rings. The molecule has 0 radical (unpaired) electrons. The second kappa shape index (κ2) is 3.40. The van der Waals surface area contributed by atoms with E-state index in [0.29, 0.717) is 5.76 Å². The van der Waals surface area contributed by atoms with E-state index in [-0.39, 0.29) is 10.9 Å². The first kappa shape index (κ1) is 8.80. The highest BCUT2D eigenvalue weighted by atomic mass is 35.5. The van der Waals surface area contributed by atoms with Crippen LogP contribution in [0, 0.1) is 10.1 Å². The number of nitro groups is 1. The average molecular weight is 188 g/mol. The van der Waals surface area contributed by atoms with Crippen LogP contribution in [0.2, 0.25) is 5.22 Å². The third-order valence-electron chi connectivity index (χ3n) is 1.23. The fourth-order valence-corrected chi connectivity index (χ4v) is 0.817. The molecular formula is C7H6ClNO3. The highest BCUT2D eigenvalue weighted by Gasteiger charge is 2.04. The van der Waals surface area contributed by atoms with Crippen molar-refractivity contribution in [2.24, 2.45) is 0 Å². The maximum absolute atomic E-state index is 10.2. The summed E-state index contributed by atoms with van der Waals surface area (Å²) in [6, 6.07) is 3.09. The molecule has 1 aromatic heterocycles. The van der Waals surface area contributed by atoms with E-state index < -0.39 is 4.92 Å². The number of furan rings is 1. The molecule has 0 aliphatic rings. The van der Waals surface area contributed by atoms with Crippen molar-refractivity contribution in [3.8, 4) is 0 Å². The van der Waals surface area contributed by atoms with Gasteiger partial charge in [0, 0.05) is 6.92 Å². The van der Waals surface area contributed by atoms with E-state index in [2.05, 4.69) is 0 Å². The maximum atomic E-state index is 10.2. The van der Waals surface area contributed by atoms with Crippen molar-refractivity contribution in [1.82, 2.24) is 0 Å². The summed E-state index contributed by atoms with van der Waals surface area (Å²) in [4.78, 5) is 9.68. The molecule has 0 spiro atoms. The monoisotopic (exact) mass is 187 g/mol. The highest BCUT2D eigenvalue weighted by molar-refractivity contribution is 6.28. The molecule has 0 aromatic carbocycles. The van der Waals surface area contributed by atoms with E-state index in [9.17, 15) is 10.1 Å². The minimum Gasteiger partial charge on any atom is -0.445 e. The second-order valence-electron chi connectivity index (χ2n) is 2.18. The predicted molar refractivity (Wildman–Crippen MR) is 44.4 cm³/mol. The van der Waals surface area contributed by atoms with Crippen molar-refractivity contribution < 1.29 is 9.34 Å². The lowest BCUT2D eigenvalue weighted by molar-refractivity contribution is -0.422. The zero-order valence-electron chi connectivity index (χ0n) is 6.28. The van der Waals surface area contributed by atoms with Gasteiger partial charge in [0.05, 0.1) is 11.0 Å². The van der Waals surface area contributed by atoms with Gasteiger partial charge in [0.25, 0.3) is 0 Å². The molecule has 1 heterocycles. The summed E-state index contributed by atoms with van der Waals surface area (Å²) in [5.41, 5.74) is 0.0148. The van der Waals surface area contributed by atoms with Crippen LogP contribution in [0.5, 0.6) is 0 Å². The highest BCUT2D eigenvalue weighted by Crippen LogP contribution is 2.15. The van der Waals surface area contributed by atoms with Gasteiger partial charge in [0.1, 0.15) is 5.76 Å². The minimum atomic E-state index is -0.490. The normalized spacial score (nSPS) is 11.7. The summed E-state index contributed by atoms with van der Waals surface area (Å²) in [7, 11) is 0. The van der Waals surface area contributed by atoms with Gasteiger partial charge in [-0.3, -0.25) is 10.1 Å². The van der Waals surface area contributed by atoms with Crippen molar-refractivity contribution >= 4 is 17.7 Å². The third kappa shape index (κ3) is 2.10. The number of nitrogens with zero attached hydrogens (tertiary/aromatic N) is 1. The van der Waals surface area contributed by atoms with Gasteiger partial charge in [0.2, 0.25) is 5.70 Å². The Morgan fingerprint density at radius 2 is 2.42 bits per heavy atom. The predicted octanol–water partition coefficient (Wildman–Crippen LogP) is 2.57. The van der Waals surface area contributed by atoms with Gasteiger partial charge >= 0.3 is 0 Å². The molecule has 0 N–H and O–H groups in total. The number of halogens is 1. The van der Waals surface area contributed by atoms with Crippen LogP contribution in [0.1, 0.15) is 12.7 Å². The molecule has 12 heavy (non-hydrogen) atoms. The number of hydrogen-bond acceptors (Lipinski definition) is 3. The number of allylic oxidation sites excluding steroid dienone is 1. The van der Waals surface area contributed by atoms with Gasteiger partial charge in [-0.15, -0.1) is 0 Å². The van der Waals surface area contributed by atoms with Crippen LogP contribution in [-0.4, -0.2) is 4.92 Å². The molecule has 0 fully saturated rings. The topological polar surface area (TPSA) is 56.3 Å². The average Bonchev–Trinajstić information content (AvgIpc) is 2.35. The molecule has 1 rings (SSSR count). The van der Waals surface area contributed by atoms with Crippen LogP contribution in [0.3, 0.4) is 0 Å². The SMILES string of the molecule is C/C(=C/c1ccc(Cl)o1)[N+](=O)[O-]. The molecular weight excluding hydrogens is 182 g/mol. The smallest absolute Gasteiger partial charge is 0.246 e. The Morgan fingerprint density at radius 1 is 1.75 bits per heavy atom. The van der Waals surface area contributed by atoms with Gasteiger partial charge in [-0.25, -0.2) is 0 Å². The first-order valence-electron chi connectivity index (χ1n) is 3.17. The quantitative estimate of drug-likeness (QED) is 0.528. The first-order chi connectivity index (χ1) is 5.59. The van der Waals surface area contributed by atoms with E-state index in [1.807, 2.05) is 0 Å². The molecule has 0 atom stereocenters. The zero-order valence-corrected chi connectivity index (χ0v) is 7.04. The van der Waals surface area contributed by atoms with Crippen molar-refractivity contribution in [2.75, 3.05) is 0 Å². The molecule has 0 amide bonds. The lowest BCUT2D eigenvalue weighted by atomic mass is 10.4. The Bertz CT molecular complexity index is 329. The Kier molecular flexibility index (Phi) is 2.50. The minimum absolute atomic E-state index is 0.0148. The summed E-state index contributed by atoms with van der Waals surface area (Å²) in [5, 5.41) is 10.4. The van der Waals surface area contributed by atoms with E-state index >= 15 is 0 Å². The molecule has 0 unspecified atom stereocenters. The molecule has 4 nitrogen and oxygen atoms in total. The summed E-state index contributed by atoms with van der Waals surface area (Å²) in [6.45, 7) is 1.39. The standard InChI is InChI=1S/C7H6ClNO3/c1-5(9(10)11)4-6-2-3-7(8)12-6/h2-4H,1H3/b5-4-. The van der Waals surface area contributed by atoms with Crippen molar-refractivity contribution in [1.29, 1.82) is 0 Å². The number of rotatable bonds is 2. The zero-order chi connectivity index (χ0) is 9.14. The molecule has 0 saturated carbocycles. The molecule has 0 aliphatic heterocycles. The van der Waals surface area contributed by atoms with Crippen LogP contribution in [0.4, 0.5) is 0 Å². The van der Waals surface area contributed by atoms with Gasteiger partial charge in [0.15, 0.2) is 5.22 Å². The summed E-state index contributed by atoms with van der Waals surface area (Å²) in [6.07, 6.45) is 1.31. The van der Waals surface area contributed by atoms with Gasteiger partial charge in [-0.05, 0) is 23.7 Å².